The van der Waals surface area contributed by atoms with E-state index in [-0.39, 0.29) is 31.0 Å². The molecule has 3 aromatic heterocycles. The van der Waals surface area contributed by atoms with E-state index in [1.54, 1.807) is 13.8 Å². The van der Waals surface area contributed by atoms with Gasteiger partial charge in [0.25, 0.3) is 5.56 Å². The zero-order chi connectivity index (χ0) is 20.4. The Morgan fingerprint density at radius 1 is 1.25 bits per heavy atom. The third-order valence-electron chi connectivity index (χ3n) is 4.24. The van der Waals surface area contributed by atoms with Gasteiger partial charge in [0, 0.05) is 17.8 Å². The van der Waals surface area contributed by atoms with Crippen molar-refractivity contribution in [2.24, 2.45) is 0 Å². The Morgan fingerprint density at radius 2 is 2.00 bits per heavy atom. The molecule has 3 heterocycles. The van der Waals surface area contributed by atoms with Gasteiger partial charge in [-0.1, -0.05) is 11.3 Å². The van der Waals surface area contributed by atoms with Gasteiger partial charge in [-0.25, -0.2) is 14.8 Å². The largest absolute Gasteiger partial charge is 0.462 e. The molecule has 0 unspecified atom stereocenters. The molecule has 0 aliphatic heterocycles. The fraction of sp³-hybridized carbons (Fsp3) is 0.389. The lowest BCUT2D eigenvalue weighted by Crippen LogP contribution is -2.23. The molecule has 0 aromatic carbocycles. The number of esters is 1. The number of thiazole rings is 1. The van der Waals surface area contributed by atoms with Crippen molar-refractivity contribution in [3.05, 3.63) is 37.7 Å². The number of nitrogens with zero attached hydrogens (tertiary/aromatic N) is 3. The van der Waals surface area contributed by atoms with Crippen molar-refractivity contribution in [3.8, 4) is 0 Å². The van der Waals surface area contributed by atoms with Crippen molar-refractivity contribution in [3.63, 3.8) is 0 Å². The zero-order valence-electron chi connectivity index (χ0n) is 16.0. The third-order valence-corrected chi connectivity index (χ3v) is 6.41. The minimum Gasteiger partial charge on any atom is -0.462 e. The Kier molecular flexibility index (Phi) is 5.90. The molecule has 0 bridgehead atoms. The van der Waals surface area contributed by atoms with Crippen LogP contribution in [-0.2, 0) is 16.1 Å². The van der Waals surface area contributed by atoms with Crippen molar-refractivity contribution in [1.82, 2.24) is 14.5 Å². The molecule has 8 nitrogen and oxygen atoms in total. The van der Waals surface area contributed by atoms with E-state index >= 15 is 0 Å². The molecule has 3 aromatic rings. The van der Waals surface area contributed by atoms with E-state index in [1.165, 1.54) is 22.2 Å². The lowest BCUT2D eigenvalue weighted by molar-refractivity contribution is -0.116. The highest BCUT2D eigenvalue weighted by Gasteiger charge is 2.18. The van der Waals surface area contributed by atoms with Gasteiger partial charge in [-0.05, 0) is 33.3 Å². The second-order valence-electron chi connectivity index (χ2n) is 6.16. The molecule has 1 amide bonds. The van der Waals surface area contributed by atoms with Crippen molar-refractivity contribution in [2.75, 3.05) is 11.9 Å². The average molecular weight is 421 g/mol. The Bertz CT molecular complexity index is 1110. The first kappa shape index (κ1) is 20.2. The van der Waals surface area contributed by atoms with E-state index in [9.17, 15) is 14.4 Å². The summed E-state index contributed by atoms with van der Waals surface area (Å²) in [6.45, 7) is 7.75. The quantitative estimate of drug-likeness (QED) is 0.615. The lowest BCUT2D eigenvalue weighted by Gasteiger charge is -2.05. The molecule has 1 N–H and O–H groups in total. The molecule has 0 fully saturated rings. The minimum atomic E-state index is -0.453. The second kappa shape index (κ2) is 8.19. The fourth-order valence-electron chi connectivity index (χ4n) is 2.67. The normalized spacial score (nSPS) is 11.0. The summed E-state index contributed by atoms with van der Waals surface area (Å²) in [5.41, 5.74) is 1.29. The second-order valence-corrected chi connectivity index (χ2v) is 8.36. The maximum Gasteiger partial charge on any atom is 0.350 e. The maximum atomic E-state index is 12.7. The zero-order valence-corrected chi connectivity index (χ0v) is 17.6. The van der Waals surface area contributed by atoms with E-state index in [0.717, 1.165) is 21.8 Å². The van der Waals surface area contributed by atoms with Gasteiger partial charge in [0.05, 0.1) is 24.0 Å². The Balaban J connectivity index is 1.68. The number of amides is 1. The van der Waals surface area contributed by atoms with Crippen LogP contribution in [0.3, 0.4) is 0 Å². The summed E-state index contributed by atoms with van der Waals surface area (Å²) in [5.74, 6) is -0.750. The van der Waals surface area contributed by atoms with Crippen LogP contribution in [0.4, 0.5) is 5.13 Å². The molecule has 28 heavy (non-hydrogen) atoms. The van der Waals surface area contributed by atoms with Crippen LogP contribution in [0.5, 0.6) is 0 Å². The summed E-state index contributed by atoms with van der Waals surface area (Å²) in [6.07, 6.45) is 1.56. The number of aryl methyl sites for hydroxylation is 4. The fourth-order valence-corrected chi connectivity index (χ4v) is 4.53. The third kappa shape index (κ3) is 3.97. The van der Waals surface area contributed by atoms with Gasteiger partial charge in [-0.3, -0.25) is 14.2 Å². The molecule has 148 valence electrons. The SMILES string of the molecule is CCOC(=O)c1sc(NC(=O)CCn2cnc3sc(C)c(C)c3c2=O)nc1C. The van der Waals surface area contributed by atoms with E-state index in [4.69, 9.17) is 4.74 Å². The van der Waals surface area contributed by atoms with Crippen LogP contribution in [0, 0.1) is 20.8 Å². The van der Waals surface area contributed by atoms with Crippen LogP contribution in [0.1, 0.15) is 39.2 Å². The Hall–Kier alpha value is -2.59. The molecule has 0 spiro atoms. The molecule has 0 atom stereocenters. The number of hydrogen-bond donors (Lipinski definition) is 1. The van der Waals surface area contributed by atoms with E-state index in [0.29, 0.717) is 25.9 Å². The van der Waals surface area contributed by atoms with Crippen molar-refractivity contribution in [2.45, 2.75) is 40.7 Å². The number of carbonyl (C=O) groups excluding carboxylic acids is 2. The number of anilines is 1. The average Bonchev–Trinajstić information content (AvgIpc) is 3.14. The summed E-state index contributed by atoms with van der Waals surface area (Å²) in [6, 6.07) is 0. The van der Waals surface area contributed by atoms with Gasteiger partial charge >= 0.3 is 5.97 Å². The molecule has 0 aliphatic rings. The van der Waals surface area contributed by atoms with Gasteiger partial charge in [0.1, 0.15) is 9.71 Å². The standard InChI is InChI=1S/C18H20N4O4S2/c1-5-26-17(25)14-10(3)20-18(28-14)21-12(23)6-7-22-8-19-15-13(16(22)24)9(2)11(4)27-15/h8H,5-7H2,1-4H3,(H,20,21,23). The number of hydrogen-bond acceptors (Lipinski definition) is 8. The van der Waals surface area contributed by atoms with Gasteiger partial charge in [0.2, 0.25) is 5.91 Å². The topological polar surface area (TPSA) is 103 Å². The number of rotatable bonds is 6. The van der Waals surface area contributed by atoms with Crippen LogP contribution >= 0.6 is 22.7 Å². The maximum absolute atomic E-state index is 12.7. The number of carbonyl (C=O) groups is 2. The van der Waals surface area contributed by atoms with Crippen LogP contribution < -0.4 is 10.9 Å². The minimum absolute atomic E-state index is 0.0859. The van der Waals surface area contributed by atoms with Gasteiger partial charge in [-0.2, -0.15) is 0 Å². The molecule has 3 rings (SSSR count). The summed E-state index contributed by atoms with van der Waals surface area (Å²) in [5, 5.41) is 3.61. The van der Waals surface area contributed by atoms with Crippen LogP contribution in [0.15, 0.2) is 11.1 Å². The summed E-state index contributed by atoms with van der Waals surface area (Å²) < 4.78 is 6.41. The number of aromatic nitrogens is 3. The molecule has 10 heteroatoms. The smallest absolute Gasteiger partial charge is 0.350 e. The summed E-state index contributed by atoms with van der Waals surface area (Å²) in [7, 11) is 0. The predicted molar refractivity (Wildman–Crippen MR) is 109 cm³/mol. The predicted octanol–water partition coefficient (Wildman–Crippen LogP) is 3.05. The van der Waals surface area contributed by atoms with E-state index in [1.807, 2.05) is 13.8 Å². The van der Waals surface area contributed by atoms with Crippen molar-refractivity contribution in [1.29, 1.82) is 0 Å². The van der Waals surface area contributed by atoms with E-state index < -0.39 is 5.97 Å². The first-order valence-corrected chi connectivity index (χ1v) is 10.3. The molecular formula is C18H20N4O4S2. The highest BCUT2D eigenvalue weighted by molar-refractivity contribution is 7.18. The number of nitrogens with one attached hydrogen (secondary N) is 1. The summed E-state index contributed by atoms with van der Waals surface area (Å²) in [4.78, 5) is 47.4. The highest BCUT2D eigenvalue weighted by Crippen LogP contribution is 2.25. The number of fused-ring (bicyclic) bond motifs is 1. The van der Waals surface area contributed by atoms with Crippen molar-refractivity contribution >= 4 is 49.9 Å². The van der Waals surface area contributed by atoms with Crippen molar-refractivity contribution < 1.29 is 14.3 Å². The highest BCUT2D eigenvalue weighted by atomic mass is 32.1. The van der Waals surface area contributed by atoms with Gasteiger partial charge < -0.3 is 10.1 Å². The summed E-state index contributed by atoms with van der Waals surface area (Å²) >= 11 is 2.56. The number of ether oxygens (including phenoxy) is 1. The monoisotopic (exact) mass is 420 g/mol. The molecule has 0 saturated heterocycles. The van der Waals surface area contributed by atoms with Crippen LogP contribution in [-0.4, -0.2) is 33.0 Å². The van der Waals surface area contributed by atoms with Gasteiger partial charge in [-0.15, -0.1) is 11.3 Å². The first-order valence-electron chi connectivity index (χ1n) is 8.71. The molecule has 0 radical (unpaired) electrons. The molecular weight excluding hydrogens is 400 g/mol. The van der Waals surface area contributed by atoms with E-state index in [2.05, 4.69) is 15.3 Å². The Labute approximate surface area is 169 Å². The number of thiophene rings is 1. The molecule has 0 saturated carbocycles. The first-order chi connectivity index (χ1) is 13.3. The van der Waals surface area contributed by atoms with Gasteiger partial charge in [0.15, 0.2) is 5.13 Å². The van der Waals surface area contributed by atoms with Crippen LogP contribution in [0.25, 0.3) is 10.2 Å². The Morgan fingerprint density at radius 3 is 2.71 bits per heavy atom. The lowest BCUT2D eigenvalue weighted by atomic mass is 10.2. The molecule has 0 aliphatic carbocycles. The van der Waals surface area contributed by atoms with Crippen LogP contribution in [0.2, 0.25) is 0 Å².